The van der Waals surface area contributed by atoms with Crippen molar-refractivity contribution < 1.29 is 14.3 Å². The van der Waals surface area contributed by atoms with Crippen molar-refractivity contribution in [3.05, 3.63) is 24.2 Å². The molecule has 0 aromatic carbocycles. The van der Waals surface area contributed by atoms with Crippen LogP contribution in [0.3, 0.4) is 0 Å². The van der Waals surface area contributed by atoms with Gasteiger partial charge < -0.3 is 14.8 Å². The first-order chi connectivity index (χ1) is 6.55. The summed E-state index contributed by atoms with van der Waals surface area (Å²) in [5.41, 5.74) is 0.207. The van der Waals surface area contributed by atoms with E-state index in [2.05, 4.69) is 5.32 Å². The number of hydrogen-bond acceptors (Lipinski definition) is 3. The van der Waals surface area contributed by atoms with Crippen molar-refractivity contribution in [1.29, 1.82) is 0 Å². The molecule has 0 aliphatic rings. The minimum atomic E-state index is -0.292. The highest BCUT2D eigenvalue weighted by atomic mass is 16.3. The maximum Gasteiger partial charge on any atom is 0.254 e. The monoisotopic (exact) mass is 197 g/mol. The van der Waals surface area contributed by atoms with Crippen LogP contribution in [0.4, 0.5) is 0 Å². The molecular formula is C10H15NO3. The number of rotatable bonds is 4. The Kier molecular flexibility index (Phi) is 3.30. The predicted molar refractivity (Wildman–Crippen MR) is 51.9 cm³/mol. The molecule has 0 aliphatic heterocycles. The van der Waals surface area contributed by atoms with E-state index in [0.29, 0.717) is 12.1 Å². The molecule has 1 aromatic rings. The van der Waals surface area contributed by atoms with Crippen molar-refractivity contribution >= 4 is 5.91 Å². The second-order valence-electron chi connectivity index (χ2n) is 4.02. The molecule has 1 heterocycles. The number of aliphatic hydroxyl groups is 1. The molecule has 1 rings (SSSR count). The third-order valence-corrected chi connectivity index (χ3v) is 1.94. The average molecular weight is 197 g/mol. The van der Waals surface area contributed by atoms with Crippen LogP contribution in [-0.2, 0) is 0 Å². The summed E-state index contributed by atoms with van der Waals surface area (Å²) in [7, 11) is 0. The zero-order valence-electron chi connectivity index (χ0n) is 8.41. The van der Waals surface area contributed by atoms with Crippen LogP contribution in [0.2, 0.25) is 0 Å². The van der Waals surface area contributed by atoms with Crippen molar-refractivity contribution in [2.24, 2.45) is 5.41 Å². The first kappa shape index (κ1) is 10.8. The Bertz CT molecular complexity index is 290. The summed E-state index contributed by atoms with van der Waals surface area (Å²) in [4.78, 5) is 11.4. The van der Waals surface area contributed by atoms with Gasteiger partial charge in [0.15, 0.2) is 0 Å². The van der Waals surface area contributed by atoms with E-state index in [1.54, 1.807) is 6.07 Å². The third-order valence-electron chi connectivity index (χ3n) is 1.94. The van der Waals surface area contributed by atoms with Gasteiger partial charge in [-0.15, -0.1) is 0 Å². The Hall–Kier alpha value is -1.29. The fourth-order valence-electron chi connectivity index (χ4n) is 0.871. The maximum absolute atomic E-state index is 11.4. The van der Waals surface area contributed by atoms with Crippen LogP contribution in [0, 0.1) is 5.41 Å². The van der Waals surface area contributed by atoms with Gasteiger partial charge in [-0.2, -0.15) is 0 Å². The summed E-state index contributed by atoms with van der Waals surface area (Å²) in [6, 6.07) is 1.60. The van der Waals surface area contributed by atoms with Gasteiger partial charge in [-0.25, -0.2) is 0 Å². The van der Waals surface area contributed by atoms with E-state index in [1.165, 1.54) is 12.5 Å². The number of furan rings is 1. The van der Waals surface area contributed by atoms with Crippen LogP contribution in [0.5, 0.6) is 0 Å². The first-order valence-electron chi connectivity index (χ1n) is 4.46. The molecule has 0 spiro atoms. The van der Waals surface area contributed by atoms with Crippen molar-refractivity contribution in [3.63, 3.8) is 0 Å². The number of aliphatic hydroxyl groups excluding tert-OH is 1. The van der Waals surface area contributed by atoms with E-state index in [9.17, 15) is 4.79 Å². The largest absolute Gasteiger partial charge is 0.472 e. The van der Waals surface area contributed by atoms with Crippen LogP contribution >= 0.6 is 0 Å². The van der Waals surface area contributed by atoms with Crippen LogP contribution in [0.15, 0.2) is 23.0 Å². The third kappa shape index (κ3) is 2.88. The molecule has 14 heavy (non-hydrogen) atoms. The van der Waals surface area contributed by atoms with Gasteiger partial charge in [0.05, 0.1) is 11.8 Å². The van der Waals surface area contributed by atoms with E-state index in [-0.39, 0.29) is 17.9 Å². The van der Waals surface area contributed by atoms with E-state index in [4.69, 9.17) is 9.52 Å². The van der Waals surface area contributed by atoms with Gasteiger partial charge in [-0.1, -0.05) is 13.8 Å². The lowest BCUT2D eigenvalue weighted by molar-refractivity contribution is 0.0910. The molecule has 0 radical (unpaired) electrons. The maximum atomic E-state index is 11.4. The van der Waals surface area contributed by atoms with Crippen LogP contribution in [-0.4, -0.2) is 24.2 Å². The summed E-state index contributed by atoms with van der Waals surface area (Å²) >= 11 is 0. The molecule has 1 amide bonds. The molecular weight excluding hydrogens is 182 g/mol. The van der Waals surface area contributed by atoms with Gasteiger partial charge in [0, 0.05) is 18.6 Å². The van der Waals surface area contributed by atoms with Gasteiger partial charge in [0.25, 0.3) is 5.91 Å². The minimum Gasteiger partial charge on any atom is -0.472 e. The van der Waals surface area contributed by atoms with E-state index in [0.717, 1.165) is 0 Å². The van der Waals surface area contributed by atoms with Gasteiger partial charge in [0.2, 0.25) is 0 Å². The van der Waals surface area contributed by atoms with Crippen molar-refractivity contribution in [1.82, 2.24) is 5.32 Å². The van der Waals surface area contributed by atoms with Gasteiger partial charge in [-0.05, 0) is 6.07 Å². The summed E-state index contributed by atoms with van der Waals surface area (Å²) in [6.07, 6.45) is 2.84. The SMILES string of the molecule is CC(C)(CO)CNC(=O)c1ccoc1. The lowest BCUT2D eigenvalue weighted by atomic mass is 9.95. The van der Waals surface area contributed by atoms with Crippen molar-refractivity contribution in [2.75, 3.05) is 13.2 Å². The molecule has 4 nitrogen and oxygen atoms in total. The molecule has 0 atom stereocenters. The predicted octanol–water partition coefficient (Wildman–Crippen LogP) is 1.03. The molecule has 78 valence electrons. The number of carbonyl (C=O) groups is 1. The number of carbonyl (C=O) groups excluding carboxylic acids is 1. The number of amides is 1. The molecule has 0 fully saturated rings. The van der Waals surface area contributed by atoms with E-state index >= 15 is 0 Å². The van der Waals surface area contributed by atoms with Crippen LogP contribution in [0.1, 0.15) is 24.2 Å². The Morgan fingerprint density at radius 3 is 2.86 bits per heavy atom. The zero-order valence-corrected chi connectivity index (χ0v) is 8.41. The first-order valence-corrected chi connectivity index (χ1v) is 4.46. The number of nitrogens with one attached hydrogen (secondary N) is 1. The van der Waals surface area contributed by atoms with Crippen LogP contribution < -0.4 is 5.32 Å². The Morgan fingerprint density at radius 2 is 2.36 bits per heavy atom. The van der Waals surface area contributed by atoms with Crippen LogP contribution in [0.25, 0.3) is 0 Å². The smallest absolute Gasteiger partial charge is 0.254 e. The van der Waals surface area contributed by atoms with Gasteiger partial charge in [-0.3, -0.25) is 4.79 Å². The second-order valence-corrected chi connectivity index (χ2v) is 4.02. The Balaban J connectivity index is 2.43. The summed E-state index contributed by atoms with van der Waals surface area (Å²) in [6.45, 7) is 4.23. The normalized spacial score (nSPS) is 11.4. The van der Waals surface area contributed by atoms with E-state index < -0.39 is 0 Å². The minimum absolute atomic E-state index is 0.0403. The van der Waals surface area contributed by atoms with Crippen molar-refractivity contribution in [3.8, 4) is 0 Å². The van der Waals surface area contributed by atoms with Crippen molar-refractivity contribution in [2.45, 2.75) is 13.8 Å². The fourth-order valence-corrected chi connectivity index (χ4v) is 0.871. The lowest BCUT2D eigenvalue weighted by Gasteiger charge is -2.21. The Labute approximate surface area is 82.9 Å². The molecule has 1 aromatic heterocycles. The topological polar surface area (TPSA) is 62.5 Å². The highest BCUT2D eigenvalue weighted by molar-refractivity contribution is 5.93. The summed E-state index contributed by atoms with van der Waals surface area (Å²) in [5, 5.41) is 11.7. The Morgan fingerprint density at radius 1 is 1.64 bits per heavy atom. The quantitative estimate of drug-likeness (QED) is 0.757. The number of hydrogen-bond donors (Lipinski definition) is 2. The molecule has 4 heteroatoms. The molecule has 0 aliphatic carbocycles. The summed E-state index contributed by atoms with van der Waals surface area (Å²) in [5.74, 6) is -0.180. The second kappa shape index (κ2) is 4.28. The highest BCUT2D eigenvalue weighted by Crippen LogP contribution is 2.11. The molecule has 2 N–H and O–H groups in total. The fraction of sp³-hybridized carbons (Fsp3) is 0.500. The standard InChI is InChI=1S/C10H15NO3/c1-10(2,7-12)6-11-9(13)8-3-4-14-5-8/h3-5,12H,6-7H2,1-2H3,(H,11,13). The molecule has 0 saturated carbocycles. The van der Waals surface area contributed by atoms with Gasteiger partial charge >= 0.3 is 0 Å². The highest BCUT2D eigenvalue weighted by Gasteiger charge is 2.18. The molecule has 0 unspecified atom stereocenters. The summed E-state index contributed by atoms with van der Waals surface area (Å²) < 4.78 is 4.78. The molecule has 0 bridgehead atoms. The average Bonchev–Trinajstić information content (AvgIpc) is 2.67. The zero-order chi connectivity index (χ0) is 10.6. The molecule has 0 saturated heterocycles. The lowest BCUT2D eigenvalue weighted by Crippen LogP contribution is -2.35. The van der Waals surface area contributed by atoms with E-state index in [1.807, 2.05) is 13.8 Å². The van der Waals surface area contributed by atoms with Gasteiger partial charge in [0.1, 0.15) is 6.26 Å².